The van der Waals surface area contributed by atoms with Gasteiger partial charge in [-0.15, -0.1) is 0 Å². The van der Waals surface area contributed by atoms with Crippen LogP contribution < -0.4 is 0 Å². The third-order valence-electron chi connectivity index (χ3n) is 4.26. The molecule has 4 aromatic rings. The minimum Gasteiger partial charge on any atom is -0.327 e. The van der Waals surface area contributed by atoms with E-state index in [4.69, 9.17) is 0 Å². The SMILES string of the molecule is CCn1c(Cn2ccnc2-c2ccccn2)nc2cc([N+](=O)[O-])ccc21. The number of aromatic nitrogens is 5. The Morgan fingerprint density at radius 1 is 1.15 bits per heavy atom. The smallest absolute Gasteiger partial charge is 0.271 e. The summed E-state index contributed by atoms with van der Waals surface area (Å²) in [6, 6.07) is 10.5. The molecule has 3 heterocycles. The first-order chi connectivity index (χ1) is 12.7. The maximum Gasteiger partial charge on any atom is 0.271 e. The van der Waals surface area contributed by atoms with E-state index in [0.29, 0.717) is 12.1 Å². The highest BCUT2D eigenvalue weighted by Gasteiger charge is 2.15. The van der Waals surface area contributed by atoms with E-state index in [-0.39, 0.29) is 5.69 Å². The molecule has 0 aliphatic carbocycles. The molecule has 0 unspecified atom stereocenters. The van der Waals surface area contributed by atoms with Crippen molar-refractivity contribution in [2.24, 2.45) is 0 Å². The lowest BCUT2D eigenvalue weighted by atomic mass is 10.3. The number of non-ortho nitro benzene ring substituents is 1. The van der Waals surface area contributed by atoms with E-state index in [0.717, 1.165) is 29.4 Å². The van der Waals surface area contributed by atoms with E-state index in [2.05, 4.69) is 19.5 Å². The minimum absolute atomic E-state index is 0.0432. The molecule has 0 amide bonds. The molecule has 0 radical (unpaired) electrons. The van der Waals surface area contributed by atoms with Gasteiger partial charge in [-0.2, -0.15) is 0 Å². The Kier molecular flexibility index (Phi) is 3.92. The molecule has 0 atom stereocenters. The van der Waals surface area contributed by atoms with E-state index >= 15 is 0 Å². The van der Waals surface area contributed by atoms with Gasteiger partial charge in [0.05, 0.1) is 22.5 Å². The van der Waals surface area contributed by atoms with Crippen molar-refractivity contribution in [3.05, 3.63) is 70.9 Å². The Morgan fingerprint density at radius 3 is 2.77 bits per heavy atom. The van der Waals surface area contributed by atoms with Crippen molar-refractivity contribution >= 4 is 16.7 Å². The first-order valence-electron chi connectivity index (χ1n) is 8.23. The van der Waals surface area contributed by atoms with Gasteiger partial charge in [0.15, 0.2) is 5.82 Å². The van der Waals surface area contributed by atoms with Crippen LogP contribution in [0.1, 0.15) is 12.7 Å². The van der Waals surface area contributed by atoms with Gasteiger partial charge in [0, 0.05) is 37.3 Å². The van der Waals surface area contributed by atoms with E-state index in [1.54, 1.807) is 18.5 Å². The standard InChI is InChI=1S/C18H16N6O2/c1-2-23-16-7-6-13(24(25)26)11-15(16)21-17(23)12-22-10-9-20-18(22)14-5-3-4-8-19-14/h3-11H,2,12H2,1H3. The summed E-state index contributed by atoms with van der Waals surface area (Å²) in [7, 11) is 0. The average Bonchev–Trinajstić information content (AvgIpc) is 3.25. The fraction of sp³-hybridized carbons (Fsp3) is 0.167. The van der Waals surface area contributed by atoms with Gasteiger partial charge >= 0.3 is 0 Å². The van der Waals surface area contributed by atoms with Crippen LogP contribution in [0.5, 0.6) is 0 Å². The van der Waals surface area contributed by atoms with Gasteiger partial charge in [-0.05, 0) is 25.1 Å². The van der Waals surface area contributed by atoms with Crippen LogP contribution in [0.25, 0.3) is 22.6 Å². The van der Waals surface area contributed by atoms with Crippen molar-refractivity contribution in [1.29, 1.82) is 0 Å². The monoisotopic (exact) mass is 348 g/mol. The highest BCUT2D eigenvalue weighted by Crippen LogP contribution is 2.23. The minimum atomic E-state index is -0.404. The first kappa shape index (κ1) is 15.9. The molecular formula is C18H16N6O2. The van der Waals surface area contributed by atoms with Crippen LogP contribution in [0.15, 0.2) is 55.0 Å². The fourth-order valence-corrected chi connectivity index (χ4v) is 3.07. The molecule has 130 valence electrons. The molecule has 8 heteroatoms. The highest BCUT2D eigenvalue weighted by molar-refractivity contribution is 5.78. The van der Waals surface area contributed by atoms with Crippen molar-refractivity contribution in [3.63, 3.8) is 0 Å². The van der Waals surface area contributed by atoms with E-state index in [1.807, 2.05) is 35.9 Å². The maximum atomic E-state index is 11.0. The van der Waals surface area contributed by atoms with Crippen LogP contribution in [0.4, 0.5) is 5.69 Å². The van der Waals surface area contributed by atoms with Crippen LogP contribution in [-0.2, 0) is 13.1 Å². The summed E-state index contributed by atoms with van der Waals surface area (Å²) in [6.07, 6.45) is 5.34. The Bertz CT molecular complexity index is 1080. The predicted molar refractivity (Wildman–Crippen MR) is 96.6 cm³/mol. The summed E-state index contributed by atoms with van der Waals surface area (Å²) in [5.41, 5.74) is 2.33. The summed E-state index contributed by atoms with van der Waals surface area (Å²) in [5.74, 6) is 1.57. The van der Waals surface area contributed by atoms with Crippen LogP contribution in [0.2, 0.25) is 0 Å². The van der Waals surface area contributed by atoms with Gasteiger partial charge in [0.2, 0.25) is 0 Å². The van der Waals surface area contributed by atoms with E-state index in [9.17, 15) is 10.1 Å². The molecule has 8 nitrogen and oxygen atoms in total. The lowest BCUT2D eigenvalue weighted by Gasteiger charge is -2.09. The molecule has 0 aliphatic rings. The molecular weight excluding hydrogens is 332 g/mol. The molecule has 0 aliphatic heterocycles. The summed E-state index contributed by atoms with van der Waals surface area (Å²) in [5, 5.41) is 11.0. The van der Waals surface area contributed by atoms with Crippen molar-refractivity contribution in [2.45, 2.75) is 20.0 Å². The van der Waals surface area contributed by atoms with Gasteiger partial charge in [0.25, 0.3) is 5.69 Å². The molecule has 4 rings (SSSR count). The van der Waals surface area contributed by atoms with Crippen LogP contribution in [0, 0.1) is 10.1 Å². The average molecular weight is 348 g/mol. The molecule has 0 saturated carbocycles. The summed E-state index contributed by atoms with van der Waals surface area (Å²) in [4.78, 5) is 24.0. The molecule has 0 bridgehead atoms. The van der Waals surface area contributed by atoms with Gasteiger partial charge in [0.1, 0.15) is 11.5 Å². The number of hydrogen-bond donors (Lipinski definition) is 0. The van der Waals surface area contributed by atoms with Gasteiger partial charge in [-0.1, -0.05) is 6.07 Å². The third-order valence-corrected chi connectivity index (χ3v) is 4.26. The van der Waals surface area contributed by atoms with Gasteiger partial charge < -0.3 is 9.13 Å². The van der Waals surface area contributed by atoms with Crippen LogP contribution in [-0.4, -0.2) is 29.0 Å². The van der Waals surface area contributed by atoms with E-state index < -0.39 is 4.92 Å². The number of fused-ring (bicyclic) bond motifs is 1. The Labute approximate surface area is 148 Å². The van der Waals surface area contributed by atoms with Crippen LogP contribution in [0.3, 0.4) is 0 Å². The second-order valence-electron chi connectivity index (χ2n) is 5.80. The largest absolute Gasteiger partial charge is 0.327 e. The zero-order valence-electron chi connectivity index (χ0n) is 14.1. The Morgan fingerprint density at radius 2 is 2.04 bits per heavy atom. The highest BCUT2D eigenvalue weighted by atomic mass is 16.6. The van der Waals surface area contributed by atoms with Crippen molar-refractivity contribution in [3.8, 4) is 11.5 Å². The Hall–Kier alpha value is -3.55. The normalized spacial score (nSPS) is 11.1. The molecule has 26 heavy (non-hydrogen) atoms. The van der Waals surface area contributed by atoms with Crippen molar-refractivity contribution in [1.82, 2.24) is 24.1 Å². The zero-order chi connectivity index (χ0) is 18.1. The number of rotatable bonds is 5. The summed E-state index contributed by atoms with van der Waals surface area (Å²) < 4.78 is 4.03. The summed E-state index contributed by atoms with van der Waals surface area (Å²) in [6.45, 7) is 3.25. The second-order valence-corrected chi connectivity index (χ2v) is 5.80. The van der Waals surface area contributed by atoms with Gasteiger partial charge in [-0.25, -0.2) is 9.97 Å². The molecule has 0 spiro atoms. The number of benzene rings is 1. The van der Waals surface area contributed by atoms with Crippen LogP contribution >= 0.6 is 0 Å². The van der Waals surface area contributed by atoms with E-state index in [1.165, 1.54) is 12.1 Å². The Balaban J connectivity index is 1.76. The lowest BCUT2D eigenvalue weighted by molar-refractivity contribution is -0.384. The molecule has 0 saturated heterocycles. The summed E-state index contributed by atoms with van der Waals surface area (Å²) >= 11 is 0. The number of nitro benzene ring substituents is 1. The number of aryl methyl sites for hydroxylation is 1. The quantitative estimate of drug-likeness (QED) is 0.408. The molecule has 0 N–H and O–H groups in total. The lowest BCUT2D eigenvalue weighted by Crippen LogP contribution is -2.08. The second kappa shape index (κ2) is 6.40. The molecule has 0 fully saturated rings. The number of nitro groups is 1. The molecule has 1 aromatic carbocycles. The van der Waals surface area contributed by atoms with Crippen molar-refractivity contribution in [2.75, 3.05) is 0 Å². The third kappa shape index (κ3) is 2.71. The predicted octanol–water partition coefficient (Wildman–Crippen LogP) is 3.27. The fourth-order valence-electron chi connectivity index (χ4n) is 3.07. The zero-order valence-corrected chi connectivity index (χ0v) is 14.1. The van der Waals surface area contributed by atoms with Gasteiger partial charge in [-0.3, -0.25) is 15.1 Å². The molecule has 3 aromatic heterocycles. The number of hydrogen-bond acceptors (Lipinski definition) is 5. The first-order valence-corrected chi connectivity index (χ1v) is 8.23. The number of nitrogens with zero attached hydrogens (tertiary/aromatic N) is 6. The number of imidazole rings is 2. The topological polar surface area (TPSA) is 91.7 Å². The van der Waals surface area contributed by atoms with Crippen molar-refractivity contribution < 1.29 is 4.92 Å². The number of pyridine rings is 1. The maximum absolute atomic E-state index is 11.0.